The summed E-state index contributed by atoms with van der Waals surface area (Å²) in [4.78, 5) is 19.2. The molecule has 0 radical (unpaired) electrons. The third kappa shape index (κ3) is 7.75. The van der Waals surface area contributed by atoms with Gasteiger partial charge in [-0.3, -0.25) is 0 Å². The van der Waals surface area contributed by atoms with Crippen LogP contribution in [0.15, 0.2) is 72.8 Å². The van der Waals surface area contributed by atoms with Gasteiger partial charge in [0.25, 0.3) is 0 Å². The van der Waals surface area contributed by atoms with E-state index in [1.54, 1.807) is 0 Å². The Kier molecular flexibility index (Phi) is 12.4. The van der Waals surface area contributed by atoms with Gasteiger partial charge in [0.1, 0.15) is 0 Å². The van der Waals surface area contributed by atoms with Crippen LogP contribution in [0.2, 0.25) is 0 Å². The molecule has 62 heavy (non-hydrogen) atoms. The monoisotopic (exact) mass is 910 g/mol. The second-order valence-corrected chi connectivity index (χ2v) is 17.6. The van der Waals surface area contributed by atoms with Crippen LogP contribution in [0.3, 0.4) is 0 Å². The molecule has 7 aromatic rings. The van der Waals surface area contributed by atoms with Crippen molar-refractivity contribution in [3.8, 4) is 44.5 Å². The van der Waals surface area contributed by atoms with E-state index in [1.165, 1.54) is 89.0 Å². The molecule has 2 aliphatic rings. The van der Waals surface area contributed by atoms with Gasteiger partial charge in [-0.2, -0.15) is 0 Å². The molecule has 302 valence electrons. The van der Waals surface area contributed by atoms with E-state index in [4.69, 9.17) is 9.97 Å². The van der Waals surface area contributed by atoms with E-state index in [-0.39, 0.29) is 39.0 Å². The van der Waals surface area contributed by atoms with Gasteiger partial charge in [-0.1, -0.05) is 70.8 Å². The fourth-order valence-electron chi connectivity index (χ4n) is 10.6. The summed E-state index contributed by atoms with van der Waals surface area (Å²) in [5, 5.41) is 0. The van der Waals surface area contributed by atoms with E-state index in [0.29, 0.717) is 0 Å². The normalized spacial score (nSPS) is 11.8. The van der Waals surface area contributed by atoms with Crippen LogP contribution in [0.1, 0.15) is 89.5 Å². The van der Waals surface area contributed by atoms with Crippen molar-refractivity contribution >= 4 is 46.4 Å². The average molecular weight is 914 g/mol. The third-order valence-electron chi connectivity index (χ3n) is 12.5. The fourth-order valence-corrected chi connectivity index (χ4v) is 10.6. The van der Waals surface area contributed by atoms with E-state index in [0.717, 1.165) is 67.1 Å². The van der Waals surface area contributed by atoms with Crippen LogP contribution in [-0.2, 0) is 39.0 Å². The number of benzene rings is 4. The Hall–Kier alpha value is -5.27. The molecule has 3 aromatic heterocycles. The number of H-pyrrole nitrogens is 2. The van der Waals surface area contributed by atoms with Crippen LogP contribution in [-0.4, -0.2) is 19.9 Å². The van der Waals surface area contributed by atoms with Gasteiger partial charge in [0.05, 0.1) is 22.8 Å². The van der Waals surface area contributed by atoms with E-state index in [9.17, 15) is 0 Å². The maximum Gasteiger partial charge on any atom is 0.0737 e. The molecule has 0 unspecified atom stereocenters. The summed E-state index contributed by atoms with van der Waals surface area (Å²) in [5.41, 5.74) is 31.8. The molecule has 4 nitrogen and oxygen atoms in total. The first-order chi connectivity index (χ1) is 28.7. The van der Waals surface area contributed by atoms with Crippen molar-refractivity contribution in [3.05, 3.63) is 162 Å². The molecule has 0 atom stereocenters. The Morgan fingerprint density at radius 3 is 0.629 bits per heavy atom. The van der Waals surface area contributed by atoms with Crippen molar-refractivity contribution in [1.29, 1.82) is 0 Å². The zero-order valence-electron chi connectivity index (χ0n) is 38.5. The molecule has 8 bridgehead atoms. The molecule has 0 spiro atoms. The third-order valence-corrected chi connectivity index (χ3v) is 12.5. The van der Waals surface area contributed by atoms with Crippen molar-refractivity contribution in [1.82, 2.24) is 19.9 Å². The maximum atomic E-state index is 5.63. The molecule has 0 aliphatic carbocycles. The fraction of sp³-hybridized carbons (Fsp3) is 0.214. The number of hydrogen-bond donors (Lipinski definition) is 2. The van der Waals surface area contributed by atoms with Gasteiger partial charge in [-0.05, 0) is 198 Å². The number of hydrogen-bond acceptors (Lipinski definition) is 2. The van der Waals surface area contributed by atoms with Crippen molar-refractivity contribution < 1.29 is 39.0 Å². The summed E-state index contributed by atoms with van der Waals surface area (Å²) < 4.78 is 0. The van der Waals surface area contributed by atoms with Gasteiger partial charge in [-0.25, -0.2) is 9.97 Å². The van der Waals surface area contributed by atoms with Gasteiger partial charge in [0.2, 0.25) is 0 Å². The van der Waals surface area contributed by atoms with Crippen LogP contribution >= 0.6 is 0 Å². The molecular formula is C56H54N4Zn2. The number of aromatic nitrogens is 4. The van der Waals surface area contributed by atoms with Crippen LogP contribution in [0.5, 0.6) is 0 Å². The molecule has 5 heterocycles. The zero-order valence-corrected chi connectivity index (χ0v) is 44.5. The van der Waals surface area contributed by atoms with Gasteiger partial charge in [0.15, 0.2) is 0 Å². The van der Waals surface area contributed by atoms with E-state index >= 15 is 0 Å². The number of aromatic amines is 2. The summed E-state index contributed by atoms with van der Waals surface area (Å²) in [7, 11) is 0. The molecule has 9 rings (SSSR count). The standard InChI is InChI=1S/C56H54N4.2Zn/c1-29-21-33(5)49(34(6)22-29)53-41-13-15-43(57-41)54(50-35(7)23-30(2)24-36(50)8)45-17-19-47(59-45)56(52-39(11)27-32(4)28-40(52)12)48-20-18-46(60-48)55(44-16-14-42(53)58-44)51-37(9)25-31(3)26-38(51)10;;/h13-28,57,60H,1-12H3;;. The minimum Gasteiger partial charge on any atom is -0.354 e. The summed E-state index contributed by atoms with van der Waals surface area (Å²) >= 11 is 0. The summed E-state index contributed by atoms with van der Waals surface area (Å²) in [6.45, 7) is 26.5. The molecule has 0 amide bonds. The predicted octanol–water partition coefficient (Wildman–Crippen LogP) is 15.0. The molecule has 0 saturated carbocycles. The Morgan fingerprint density at radius 2 is 0.452 bits per heavy atom. The van der Waals surface area contributed by atoms with E-state index in [1.807, 2.05) is 0 Å². The Labute approximate surface area is 392 Å². The summed E-state index contributed by atoms with van der Waals surface area (Å²) in [6, 6.07) is 27.3. The largest absolute Gasteiger partial charge is 0.354 e. The molecule has 2 N–H and O–H groups in total. The molecule has 2 aliphatic heterocycles. The van der Waals surface area contributed by atoms with Crippen LogP contribution < -0.4 is 0 Å². The topological polar surface area (TPSA) is 57.4 Å². The van der Waals surface area contributed by atoms with Gasteiger partial charge < -0.3 is 9.97 Å². The van der Waals surface area contributed by atoms with Crippen LogP contribution in [0, 0.1) is 83.1 Å². The molecule has 0 saturated heterocycles. The number of nitrogens with one attached hydrogen (secondary N) is 2. The Balaban J connectivity index is 0.00000289. The van der Waals surface area contributed by atoms with Gasteiger partial charge in [-0.15, -0.1) is 0 Å². The molecule has 6 heteroatoms. The van der Waals surface area contributed by atoms with E-state index < -0.39 is 0 Å². The number of aryl methyl sites for hydroxylation is 12. The van der Waals surface area contributed by atoms with Crippen LogP contribution in [0.25, 0.3) is 90.9 Å². The first-order valence-corrected chi connectivity index (χ1v) is 21.2. The van der Waals surface area contributed by atoms with Crippen LogP contribution in [0.4, 0.5) is 0 Å². The van der Waals surface area contributed by atoms with Gasteiger partial charge in [0, 0.05) is 83.3 Å². The number of fused-ring (bicyclic) bond motifs is 8. The van der Waals surface area contributed by atoms with Crippen molar-refractivity contribution in [3.63, 3.8) is 0 Å². The predicted molar refractivity (Wildman–Crippen MR) is 257 cm³/mol. The zero-order chi connectivity index (χ0) is 42.3. The minimum atomic E-state index is 0. The SMILES string of the molecule is Cc1cc(C)c(-c2c3nc(c(-c4c(C)cc(C)cc4C)c4ccc([nH]4)c(-c4c(C)cc(C)cc4C)c4nc(c(-c5c(C)cc(C)cc5C)c5ccc2[nH]5)C=C4)C=C3)c(C)c1.[Zn].[Zn]. The average Bonchev–Trinajstić information content (AvgIpc) is 3.99. The Morgan fingerprint density at radius 1 is 0.274 bits per heavy atom. The smallest absolute Gasteiger partial charge is 0.0737 e. The number of rotatable bonds is 4. The Bertz CT molecular complexity index is 2710. The van der Waals surface area contributed by atoms with Crippen molar-refractivity contribution in [2.24, 2.45) is 0 Å². The van der Waals surface area contributed by atoms with Gasteiger partial charge >= 0.3 is 0 Å². The van der Waals surface area contributed by atoms with Crippen molar-refractivity contribution in [2.45, 2.75) is 83.1 Å². The molecule has 0 fully saturated rings. The first kappa shape index (κ1) is 44.8. The molecular weight excluding hydrogens is 859 g/mol. The second-order valence-electron chi connectivity index (χ2n) is 17.6. The minimum absolute atomic E-state index is 0. The van der Waals surface area contributed by atoms with E-state index in [2.05, 4.69) is 190 Å². The summed E-state index contributed by atoms with van der Waals surface area (Å²) in [5.74, 6) is 0. The molecule has 4 aromatic carbocycles. The quantitative estimate of drug-likeness (QED) is 0.173. The summed E-state index contributed by atoms with van der Waals surface area (Å²) in [6.07, 6.45) is 8.85. The maximum absolute atomic E-state index is 5.63. The number of nitrogens with zero attached hydrogens (tertiary/aromatic N) is 2. The first-order valence-electron chi connectivity index (χ1n) is 21.2. The van der Waals surface area contributed by atoms with Crippen molar-refractivity contribution in [2.75, 3.05) is 0 Å². The second kappa shape index (κ2) is 17.1.